The summed E-state index contributed by atoms with van der Waals surface area (Å²) in [6.07, 6.45) is 3.82. The van der Waals surface area contributed by atoms with Crippen molar-refractivity contribution in [1.29, 1.82) is 0 Å². The Morgan fingerprint density at radius 1 is 1.13 bits per heavy atom. The van der Waals surface area contributed by atoms with Crippen molar-refractivity contribution < 1.29 is 9.59 Å². The van der Waals surface area contributed by atoms with Crippen LogP contribution in [-0.2, 0) is 4.79 Å². The van der Waals surface area contributed by atoms with Crippen LogP contribution in [0.3, 0.4) is 0 Å². The zero-order chi connectivity index (χ0) is 21.1. The van der Waals surface area contributed by atoms with E-state index < -0.39 is 0 Å². The molecule has 2 amide bonds. The summed E-state index contributed by atoms with van der Waals surface area (Å²) in [5.41, 5.74) is 2.39. The molecule has 0 aliphatic carbocycles. The normalized spacial score (nSPS) is 13.5. The number of nitrogens with zero attached hydrogens (tertiary/aromatic N) is 4. The number of likely N-dealkylation sites (N-methyl/N-ethyl adjacent to an activating group) is 1. The third-order valence-electron chi connectivity index (χ3n) is 5.25. The number of amides is 2. The van der Waals surface area contributed by atoms with E-state index in [0.29, 0.717) is 17.2 Å². The molecule has 1 aromatic carbocycles. The van der Waals surface area contributed by atoms with E-state index in [1.54, 1.807) is 19.3 Å². The molecular formula is C23H25N5O2. The van der Waals surface area contributed by atoms with Crippen molar-refractivity contribution in [2.75, 3.05) is 36.9 Å². The predicted octanol–water partition coefficient (Wildman–Crippen LogP) is 3.25. The average Bonchev–Trinajstić information content (AvgIpc) is 3.27. The molecule has 1 aliphatic rings. The molecule has 4 rings (SSSR count). The van der Waals surface area contributed by atoms with Gasteiger partial charge in [-0.2, -0.15) is 0 Å². The van der Waals surface area contributed by atoms with Crippen molar-refractivity contribution in [3.05, 3.63) is 59.8 Å². The molecule has 1 N–H and O–H groups in total. The molecule has 3 aromatic rings. The Morgan fingerprint density at radius 3 is 2.67 bits per heavy atom. The minimum atomic E-state index is -0.291. The lowest BCUT2D eigenvalue weighted by Gasteiger charge is -2.23. The lowest BCUT2D eigenvalue weighted by Crippen LogP contribution is -2.36. The number of carbonyl (C=O) groups excluding carboxylic acids is 2. The van der Waals surface area contributed by atoms with Crippen LogP contribution in [0.5, 0.6) is 0 Å². The summed E-state index contributed by atoms with van der Waals surface area (Å²) in [6.45, 7) is 3.63. The van der Waals surface area contributed by atoms with Gasteiger partial charge in [0, 0.05) is 31.7 Å². The standard InChI is InChI=1S/C23H25N5O2/c1-16-9-10-24-20(13-16)26-21(29)15-27(2)23(30)18-14-17-7-3-4-8-19(17)25-22(18)28-11-5-6-12-28/h3-4,7-10,13-14H,5-6,11-12,15H2,1-2H3,(H,24,26,29). The highest BCUT2D eigenvalue weighted by molar-refractivity contribution is 6.04. The van der Waals surface area contributed by atoms with Gasteiger partial charge in [-0.1, -0.05) is 18.2 Å². The maximum absolute atomic E-state index is 13.3. The molecule has 0 spiro atoms. The molecule has 0 bridgehead atoms. The van der Waals surface area contributed by atoms with Crippen molar-refractivity contribution in [2.45, 2.75) is 19.8 Å². The summed E-state index contributed by atoms with van der Waals surface area (Å²) in [4.78, 5) is 38.2. The zero-order valence-electron chi connectivity index (χ0n) is 17.3. The topological polar surface area (TPSA) is 78.4 Å². The van der Waals surface area contributed by atoms with E-state index in [0.717, 1.165) is 42.4 Å². The number of fused-ring (bicyclic) bond motifs is 1. The molecule has 0 saturated carbocycles. The molecular weight excluding hydrogens is 378 g/mol. The summed E-state index contributed by atoms with van der Waals surface area (Å²) in [7, 11) is 1.63. The first kappa shape index (κ1) is 19.8. The lowest BCUT2D eigenvalue weighted by atomic mass is 10.1. The van der Waals surface area contributed by atoms with E-state index in [4.69, 9.17) is 4.98 Å². The summed E-state index contributed by atoms with van der Waals surface area (Å²) in [6, 6.07) is 13.3. The summed E-state index contributed by atoms with van der Waals surface area (Å²) < 4.78 is 0. The van der Waals surface area contributed by atoms with Gasteiger partial charge in [-0.05, 0) is 49.6 Å². The Balaban J connectivity index is 1.56. The van der Waals surface area contributed by atoms with E-state index in [9.17, 15) is 9.59 Å². The Morgan fingerprint density at radius 2 is 1.90 bits per heavy atom. The Hall–Kier alpha value is -3.48. The fraction of sp³-hybridized carbons (Fsp3) is 0.304. The highest BCUT2D eigenvalue weighted by atomic mass is 16.2. The van der Waals surface area contributed by atoms with Crippen LogP contribution >= 0.6 is 0 Å². The Labute approximate surface area is 175 Å². The first-order chi connectivity index (χ1) is 14.5. The molecule has 1 aliphatic heterocycles. The summed E-state index contributed by atoms with van der Waals surface area (Å²) in [5, 5.41) is 3.66. The van der Waals surface area contributed by atoms with E-state index >= 15 is 0 Å². The first-order valence-electron chi connectivity index (χ1n) is 10.1. The summed E-state index contributed by atoms with van der Waals surface area (Å²) in [5.74, 6) is 0.665. The second-order valence-electron chi connectivity index (χ2n) is 7.67. The van der Waals surface area contributed by atoms with Crippen molar-refractivity contribution >= 4 is 34.4 Å². The SMILES string of the molecule is Cc1ccnc(NC(=O)CN(C)C(=O)c2cc3ccccc3nc2N2CCCC2)c1. The monoisotopic (exact) mass is 403 g/mol. The number of hydrogen-bond donors (Lipinski definition) is 1. The fourth-order valence-corrected chi connectivity index (χ4v) is 3.71. The van der Waals surface area contributed by atoms with Gasteiger partial charge in [0.15, 0.2) is 0 Å². The molecule has 3 heterocycles. The van der Waals surface area contributed by atoms with Gasteiger partial charge in [0.25, 0.3) is 5.91 Å². The highest BCUT2D eigenvalue weighted by Crippen LogP contribution is 2.27. The van der Waals surface area contributed by atoms with Crippen LogP contribution in [0.2, 0.25) is 0 Å². The van der Waals surface area contributed by atoms with Gasteiger partial charge in [-0.15, -0.1) is 0 Å². The van der Waals surface area contributed by atoms with Crippen molar-refractivity contribution in [3.8, 4) is 0 Å². The van der Waals surface area contributed by atoms with Gasteiger partial charge in [0.1, 0.15) is 11.6 Å². The van der Waals surface area contributed by atoms with E-state index in [-0.39, 0.29) is 18.4 Å². The molecule has 0 unspecified atom stereocenters. The smallest absolute Gasteiger partial charge is 0.257 e. The lowest BCUT2D eigenvalue weighted by molar-refractivity contribution is -0.116. The minimum absolute atomic E-state index is 0.0687. The van der Waals surface area contributed by atoms with Crippen molar-refractivity contribution in [3.63, 3.8) is 0 Å². The van der Waals surface area contributed by atoms with E-state index in [1.807, 2.05) is 43.3 Å². The quantitative estimate of drug-likeness (QED) is 0.708. The van der Waals surface area contributed by atoms with Gasteiger partial charge in [0.2, 0.25) is 5.91 Å². The van der Waals surface area contributed by atoms with Gasteiger partial charge in [-0.3, -0.25) is 9.59 Å². The van der Waals surface area contributed by atoms with Crippen molar-refractivity contribution in [1.82, 2.24) is 14.9 Å². The van der Waals surface area contributed by atoms with Gasteiger partial charge in [0.05, 0.1) is 17.6 Å². The molecule has 30 heavy (non-hydrogen) atoms. The molecule has 0 radical (unpaired) electrons. The van der Waals surface area contributed by atoms with Crippen LogP contribution in [0.25, 0.3) is 10.9 Å². The van der Waals surface area contributed by atoms with E-state index in [1.165, 1.54) is 4.90 Å². The number of aryl methyl sites for hydroxylation is 1. The number of rotatable bonds is 5. The maximum atomic E-state index is 13.3. The third kappa shape index (κ3) is 4.25. The number of nitrogens with one attached hydrogen (secondary N) is 1. The van der Waals surface area contributed by atoms with E-state index in [2.05, 4.69) is 15.2 Å². The number of para-hydroxylation sites is 1. The second kappa shape index (κ2) is 8.49. The Bertz CT molecular complexity index is 1090. The number of aromatic nitrogens is 2. The molecule has 1 fully saturated rings. The average molecular weight is 403 g/mol. The first-order valence-corrected chi connectivity index (χ1v) is 10.1. The molecule has 2 aromatic heterocycles. The van der Waals surface area contributed by atoms with Crippen LogP contribution in [0.1, 0.15) is 28.8 Å². The molecule has 7 heteroatoms. The molecule has 154 valence electrons. The van der Waals surface area contributed by atoms with Crippen LogP contribution in [0.15, 0.2) is 48.7 Å². The van der Waals surface area contributed by atoms with Crippen LogP contribution < -0.4 is 10.2 Å². The largest absolute Gasteiger partial charge is 0.356 e. The Kier molecular flexibility index (Phi) is 5.61. The van der Waals surface area contributed by atoms with Crippen LogP contribution in [0.4, 0.5) is 11.6 Å². The van der Waals surface area contributed by atoms with Crippen molar-refractivity contribution in [2.24, 2.45) is 0 Å². The van der Waals surface area contributed by atoms with Crippen LogP contribution in [0, 0.1) is 6.92 Å². The second-order valence-corrected chi connectivity index (χ2v) is 7.67. The number of benzene rings is 1. The number of pyridine rings is 2. The third-order valence-corrected chi connectivity index (χ3v) is 5.25. The molecule has 0 atom stereocenters. The zero-order valence-corrected chi connectivity index (χ0v) is 17.3. The van der Waals surface area contributed by atoms with Gasteiger partial charge in [-0.25, -0.2) is 9.97 Å². The minimum Gasteiger partial charge on any atom is -0.356 e. The highest BCUT2D eigenvalue weighted by Gasteiger charge is 2.25. The number of hydrogen-bond acceptors (Lipinski definition) is 5. The molecule has 7 nitrogen and oxygen atoms in total. The van der Waals surface area contributed by atoms with Gasteiger partial charge < -0.3 is 15.1 Å². The van der Waals surface area contributed by atoms with Crippen LogP contribution in [-0.4, -0.2) is 53.4 Å². The molecule has 1 saturated heterocycles. The summed E-state index contributed by atoms with van der Waals surface area (Å²) >= 11 is 0. The number of anilines is 2. The number of carbonyl (C=O) groups is 2. The van der Waals surface area contributed by atoms with Gasteiger partial charge >= 0.3 is 0 Å². The predicted molar refractivity (Wildman–Crippen MR) is 118 cm³/mol. The fourth-order valence-electron chi connectivity index (χ4n) is 3.71. The maximum Gasteiger partial charge on any atom is 0.257 e.